The van der Waals surface area contributed by atoms with Crippen molar-refractivity contribution in [3.05, 3.63) is 54.3 Å². The molecule has 1 aromatic heterocycles. The highest BCUT2D eigenvalue weighted by molar-refractivity contribution is 5.99. The average Bonchev–Trinajstić information content (AvgIpc) is 2.99. The van der Waals surface area contributed by atoms with Gasteiger partial charge in [-0.25, -0.2) is 4.79 Å². The van der Waals surface area contributed by atoms with Gasteiger partial charge in [0.15, 0.2) is 0 Å². The molecule has 1 aliphatic carbocycles. The quantitative estimate of drug-likeness (QED) is 0.481. The summed E-state index contributed by atoms with van der Waals surface area (Å²) in [5, 5.41) is 0.949. The maximum Gasteiger partial charge on any atom is 0.330 e. The van der Waals surface area contributed by atoms with Crippen molar-refractivity contribution in [2.45, 2.75) is 25.7 Å². The zero-order valence-electron chi connectivity index (χ0n) is 13.8. The van der Waals surface area contributed by atoms with Crippen LogP contribution in [-0.2, 0) is 9.53 Å². The molecule has 1 unspecified atom stereocenters. The molecule has 1 atom stereocenters. The topological polar surface area (TPSA) is 48.3 Å². The fraction of sp³-hybridized carbons (Fsp3) is 0.300. The molecule has 0 saturated heterocycles. The number of carbonyl (C=O) groups excluding carboxylic acids is 2. The van der Waals surface area contributed by atoms with Gasteiger partial charge in [-0.3, -0.25) is 9.36 Å². The number of methoxy groups -OCH3 is 1. The van der Waals surface area contributed by atoms with E-state index in [0.29, 0.717) is 12.3 Å². The van der Waals surface area contributed by atoms with E-state index >= 15 is 0 Å². The van der Waals surface area contributed by atoms with Gasteiger partial charge < -0.3 is 4.74 Å². The predicted octanol–water partition coefficient (Wildman–Crippen LogP) is 4.21. The van der Waals surface area contributed by atoms with Crippen molar-refractivity contribution in [1.29, 1.82) is 0 Å². The number of para-hydroxylation sites is 1. The van der Waals surface area contributed by atoms with E-state index < -0.39 is 5.97 Å². The second-order valence-corrected chi connectivity index (χ2v) is 6.05. The molecular weight excluding hydrogens is 302 g/mol. The molecule has 24 heavy (non-hydrogen) atoms. The Morgan fingerprint density at radius 1 is 1.33 bits per heavy atom. The highest BCUT2D eigenvalue weighted by Crippen LogP contribution is 2.25. The number of hydrogen-bond donors (Lipinski definition) is 0. The molecule has 4 nitrogen and oxygen atoms in total. The first-order chi connectivity index (χ1) is 11.7. The van der Waals surface area contributed by atoms with Crippen LogP contribution in [0, 0.1) is 5.92 Å². The monoisotopic (exact) mass is 323 g/mol. The highest BCUT2D eigenvalue weighted by Gasteiger charge is 2.17. The Hall–Kier alpha value is -2.62. The molecule has 0 amide bonds. The van der Waals surface area contributed by atoms with Crippen molar-refractivity contribution in [2.24, 2.45) is 5.92 Å². The zero-order chi connectivity index (χ0) is 16.9. The molecule has 0 fully saturated rings. The molecule has 1 aromatic carbocycles. The van der Waals surface area contributed by atoms with Gasteiger partial charge in [0.2, 0.25) is 5.91 Å². The van der Waals surface area contributed by atoms with Crippen LogP contribution in [0.25, 0.3) is 17.0 Å². The summed E-state index contributed by atoms with van der Waals surface area (Å²) in [5.41, 5.74) is 1.70. The molecule has 0 bridgehead atoms. The summed E-state index contributed by atoms with van der Waals surface area (Å²) < 4.78 is 6.33. The molecule has 0 spiro atoms. The number of aromatic nitrogens is 1. The number of rotatable bonds is 4. The lowest BCUT2D eigenvalue weighted by atomic mass is 9.93. The van der Waals surface area contributed by atoms with Crippen molar-refractivity contribution >= 4 is 28.9 Å². The molecule has 3 rings (SSSR count). The summed E-state index contributed by atoms with van der Waals surface area (Å²) in [4.78, 5) is 24.1. The molecule has 124 valence electrons. The van der Waals surface area contributed by atoms with E-state index in [1.807, 2.05) is 24.3 Å². The Balaban J connectivity index is 1.91. The molecule has 0 saturated carbocycles. The lowest BCUT2D eigenvalue weighted by Crippen LogP contribution is -2.14. The second kappa shape index (κ2) is 7.30. The van der Waals surface area contributed by atoms with Gasteiger partial charge in [-0.1, -0.05) is 30.4 Å². The maximum absolute atomic E-state index is 12.7. The Bertz CT molecular complexity index is 813. The lowest BCUT2D eigenvalue weighted by Gasteiger charge is -2.15. The first-order valence-corrected chi connectivity index (χ1v) is 8.25. The molecule has 1 aliphatic rings. The summed E-state index contributed by atoms with van der Waals surface area (Å²) in [7, 11) is 1.34. The fourth-order valence-corrected chi connectivity index (χ4v) is 3.15. The van der Waals surface area contributed by atoms with E-state index in [9.17, 15) is 9.59 Å². The van der Waals surface area contributed by atoms with E-state index in [1.54, 1.807) is 16.8 Å². The van der Waals surface area contributed by atoms with Crippen LogP contribution >= 0.6 is 0 Å². The zero-order valence-corrected chi connectivity index (χ0v) is 13.8. The third kappa shape index (κ3) is 3.48. The number of hydrogen-bond acceptors (Lipinski definition) is 3. The van der Waals surface area contributed by atoms with Crippen LogP contribution in [0.5, 0.6) is 0 Å². The maximum atomic E-state index is 12.7. The van der Waals surface area contributed by atoms with E-state index in [2.05, 4.69) is 16.9 Å². The van der Waals surface area contributed by atoms with E-state index in [1.165, 1.54) is 13.2 Å². The van der Waals surface area contributed by atoms with Crippen molar-refractivity contribution < 1.29 is 14.3 Å². The van der Waals surface area contributed by atoms with Crippen LogP contribution in [0.15, 0.2) is 48.7 Å². The minimum Gasteiger partial charge on any atom is -0.466 e. The fourth-order valence-electron chi connectivity index (χ4n) is 3.15. The molecule has 0 aliphatic heterocycles. The molecule has 2 aromatic rings. The molecular formula is C20H21NO3. The third-order valence-electron chi connectivity index (χ3n) is 4.40. The van der Waals surface area contributed by atoms with Crippen LogP contribution in [0.4, 0.5) is 0 Å². The van der Waals surface area contributed by atoms with Gasteiger partial charge in [0.1, 0.15) is 0 Å². The van der Waals surface area contributed by atoms with Crippen LogP contribution in [0.1, 0.15) is 36.0 Å². The minimum absolute atomic E-state index is 0.0838. The molecule has 4 heteroatoms. The van der Waals surface area contributed by atoms with Gasteiger partial charge >= 0.3 is 5.97 Å². The predicted molar refractivity (Wildman–Crippen MR) is 94.7 cm³/mol. The van der Waals surface area contributed by atoms with Gasteiger partial charge in [0.05, 0.1) is 12.6 Å². The highest BCUT2D eigenvalue weighted by atomic mass is 16.5. The number of nitrogens with zero attached hydrogens (tertiary/aromatic N) is 1. The van der Waals surface area contributed by atoms with Crippen LogP contribution in [-0.4, -0.2) is 23.6 Å². The van der Waals surface area contributed by atoms with Crippen LogP contribution < -0.4 is 0 Å². The lowest BCUT2D eigenvalue weighted by molar-refractivity contribution is -0.134. The summed E-state index contributed by atoms with van der Waals surface area (Å²) in [6.07, 6.45) is 13.0. The van der Waals surface area contributed by atoms with Gasteiger partial charge in [-0.15, -0.1) is 0 Å². The molecule has 0 N–H and O–H groups in total. The smallest absolute Gasteiger partial charge is 0.330 e. The van der Waals surface area contributed by atoms with Crippen molar-refractivity contribution in [1.82, 2.24) is 4.57 Å². The normalized spacial score (nSPS) is 17.5. The number of benzene rings is 1. The second-order valence-electron chi connectivity index (χ2n) is 6.05. The number of allylic oxidation sites excluding steroid dienone is 2. The number of esters is 1. The van der Waals surface area contributed by atoms with E-state index in [0.717, 1.165) is 35.7 Å². The number of carbonyl (C=O) groups is 2. The minimum atomic E-state index is -0.412. The van der Waals surface area contributed by atoms with E-state index in [4.69, 9.17) is 0 Å². The Morgan fingerprint density at radius 3 is 2.92 bits per heavy atom. The van der Waals surface area contributed by atoms with E-state index in [-0.39, 0.29) is 5.91 Å². The van der Waals surface area contributed by atoms with Gasteiger partial charge in [0.25, 0.3) is 0 Å². The average molecular weight is 323 g/mol. The van der Waals surface area contributed by atoms with Crippen molar-refractivity contribution in [3.63, 3.8) is 0 Å². The summed E-state index contributed by atoms with van der Waals surface area (Å²) in [6, 6.07) is 7.73. The van der Waals surface area contributed by atoms with Gasteiger partial charge in [-0.2, -0.15) is 0 Å². The Labute approximate surface area is 141 Å². The Kier molecular flexibility index (Phi) is 4.94. The third-order valence-corrected chi connectivity index (χ3v) is 4.40. The van der Waals surface area contributed by atoms with Crippen LogP contribution in [0.3, 0.4) is 0 Å². The first kappa shape index (κ1) is 16.2. The van der Waals surface area contributed by atoms with Gasteiger partial charge in [-0.05, 0) is 37.3 Å². The summed E-state index contributed by atoms with van der Waals surface area (Å²) in [6.45, 7) is 0. The molecule has 0 radical (unpaired) electrons. The number of ether oxygens (including phenoxy) is 1. The summed E-state index contributed by atoms with van der Waals surface area (Å²) >= 11 is 0. The summed E-state index contributed by atoms with van der Waals surface area (Å²) in [5.74, 6) is -0.00700. The standard InChI is InChI=1S/C20H21NO3/c1-24-20(23)12-11-16-14-21(18-10-6-5-9-17(16)18)19(22)13-15-7-3-2-4-8-15/h3,5-7,9-12,14-15H,2,4,8,13H2,1H3. The van der Waals surface area contributed by atoms with Gasteiger partial charge in [0, 0.05) is 29.6 Å². The Morgan fingerprint density at radius 2 is 2.17 bits per heavy atom. The van der Waals surface area contributed by atoms with Crippen LogP contribution in [0.2, 0.25) is 0 Å². The first-order valence-electron chi connectivity index (χ1n) is 8.25. The number of fused-ring (bicyclic) bond motifs is 1. The molecule has 1 heterocycles. The largest absolute Gasteiger partial charge is 0.466 e. The van der Waals surface area contributed by atoms with Crippen molar-refractivity contribution in [3.8, 4) is 0 Å². The van der Waals surface area contributed by atoms with Crippen molar-refractivity contribution in [2.75, 3.05) is 7.11 Å². The SMILES string of the molecule is COC(=O)C=Cc1cn(C(=O)CC2C=CCCC2)c2ccccc12.